The fourth-order valence-corrected chi connectivity index (χ4v) is 3.79. The molecule has 1 amide bonds. The molecule has 1 saturated heterocycles. The third kappa shape index (κ3) is 5.81. The number of thioether (sulfide) groups is 1. The summed E-state index contributed by atoms with van der Waals surface area (Å²) in [6, 6.07) is 6.54. The normalized spacial score (nSPS) is 17.4. The van der Waals surface area contributed by atoms with E-state index in [2.05, 4.69) is 22.9 Å². The van der Waals surface area contributed by atoms with Crippen LogP contribution in [0.1, 0.15) is 24.8 Å². The molecule has 1 fully saturated rings. The highest BCUT2D eigenvalue weighted by Gasteiger charge is 2.25. The van der Waals surface area contributed by atoms with Gasteiger partial charge in [0, 0.05) is 37.8 Å². The van der Waals surface area contributed by atoms with Crippen LogP contribution in [0.5, 0.6) is 11.5 Å². The predicted molar refractivity (Wildman–Crippen MR) is 108 cm³/mol. The number of benzene rings is 1. The number of likely N-dealkylation sites (N-methyl/N-ethyl adjacent to an activating group) is 1. The Kier molecular flexibility index (Phi) is 8.59. The first-order valence-corrected chi connectivity index (χ1v) is 10.7. The van der Waals surface area contributed by atoms with Gasteiger partial charge < -0.3 is 19.3 Å². The summed E-state index contributed by atoms with van der Waals surface area (Å²) in [5.41, 5.74) is 1.23. The number of nitrogens with zero attached hydrogens (tertiary/aromatic N) is 2. The maximum atomic E-state index is 12.3. The summed E-state index contributed by atoms with van der Waals surface area (Å²) >= 11 is 1.74. The number of amides is 1. The standard InChI is InChI=1S/C20H32N2O3S/c1-21(12-9-16-7-8-18(24-2)19(14-16)25-3)17-6-5-11-22(15-17)20(23)10-13-26-4/h7-8,14,17H,5-6,9-13,15H2,1-4H3/t17-/m1/s1. The Balaban J connectivity index is 1.87. The largest absolute Gasteiger partial charge is 0.493 e. The molecule has 1 aromatic rings. The van der Waals surface area contributed by atoms with Gasteiger partial charge in [0.05, 0.1) is 14.2 Å². The Morgan fingerprint density at radius 3 is 2.77 bits per heavy atom. The average molecular weight is 381 g/mol. The minimum Gasteiger partial charge on any atom is -0.493 e. The summed E-state index contributed by atoms with van der Waals surface area (Å²) in [5.74, 6) is 2.75. The first-order chi connectivity index (χ1) is 12.6. The number of ether oxygens (including phenoxy) is 2. The topological polar surface area (TPSA) is 42.0 Å². The van der Waals surface area contributed by atoms with Crippen molar-refractivity contribution in [3.05, 3.63) is 23.8 Å². The van der Waals surface area contributed by atoms with Crippen LogP contribution in [-0.4, -0.2) is 74.7 Å². The SMILES string of the molecule is COc1ccc(CCN(C)[C@@H]2CCCN(C(=O)CCSC)C2)cc1OC. The molecule has 0 bridgehead atoms. The van der Waals surface area contributed by atoms with Gasteiger partial charge in [0.25, 0.3) is 0 Å². The molecule has 1 aliphatic rings. The Hall–Kier alpha value is -1.40. The molecule has 6 heteroatoms. The molecule has 0 unspecified atom stereocenters. The van der Waals surface area contributed by atoms with Crippen LogP contribution < -0.4 is 9.47 Å². The lowest BCUT2D eigenvalue weighted by Gasteiger charge is -2.37. The fraction of sp³-hybridized carbons (Fsp3) is 0.650. The van der Waals surface area contributed by atoms with Crippen molar-refractivity contribution in [1.82, 2.24) is 9.80 Å². The predicted octanol–water partition coefficient (Wildman–Crippen LogP) is 2.92. The molecule has 1 aliphatic heterocycles. The summed E-state index contributed by atoms with van der Waals surface area (Å²) in [5, 5.41) is 0. The first kappa shape index (κ1) is 20.9. The number of methoxy groups -OCH3 is 2. The van der Waals surface area contributed by atoms with Gasteiger partial charge in [-0.15, -0.1) is 0 Å². The average Bonchev–Trinajstić information content (AvgIpc) is 2.69. The van der Waals surface area contributed by atoms with E-state index >= 15 is 0 Å². The molecule has 0 N–H and O–H groups in total. The number of likely N-dealkylation sites (tertiary alicyclic amines) is 1. The quantitative estimate of drug-likeness (QED) is 0.659. The molecule has 26 heavy (non-hydrogen) atoms. The lowest BCUT2D eigenvalue weighted by Crippen LogP contribution is -2.49. The molecule has 0 radical (unpaired) electrons. The number of piperidine rings is 1. The summed E-state index contributed by atoms with van der Waals surface area (Å²) in [6.07, 6.45) is 5.91. The van der Waals surface area contributed by atoms with Gasteiger partial charge in [-0.2, -0.15) is 11.8 Å². The maximum Gasteiger partial charge on any atom is 0.223 e. The highest BCUT2D eigenvalue weighted by Crippen LogP contribution is 2.28. The molecule has 146 valence electrons. The van der Waals surface area contributed by atoms with Crippen molar-refractivity contribution in [3.8, 4) is 11.5 Å². The van der Waals surface area contributed by atoms with Crippen molar-refractivity contribution in [2.75, 3.05) is 52.9 Å². The number of rotatable bonds is 9. The molecule has 1 aromatic carbocycles. The van der Waals surface area contributed by atoms with Gasteiger partial charge in [-0.3, -0.25) is 4.79 Å². The summed E-state index contributed by atoms with van der Waals surface area (Å²) in [7, 11) is 5.49. The van der Waals surface area contributed by atoms with Crippen molar-refractivity contribution < 1.29 is 14.3 Å². The highest BCUT2D eigenvalue weighted by atomic mass is 32.2. The minimum absolute atomic E-state index is 0.303. The Morgan fingerprint density at radius 2 is 2.08 bits per heavy atom. The highest BCUT2D eigenvalue weighted by molar-refractivity contribution is 7.98. The molecular formula is C20H32N2O3S. The van der Waals surface area contributed by atoms with Crippen molar-refractivity contribution in [2.45, 2.75) is 31.7 Å². The van der Waals surface area contributed by atoms with Crippen LogP contribution in [-0.2, 0) is 11.2 Å². The van der Waals surface area contributed by atoms with Gasteiger partial charge in [-0.1, -0.05) is 6.07 Å². The van der Waals surface area contributed by atoms with Crippen LogP contribution in [0.25, 0.3) is 0 Å². The van der Waals surface area contributed by atoms with E-state index in [-0.39, 0.29) is 0 Å². The monoisotopic (exact) mass is 380 g/mol. The van der Waals surface area contributed by atoms with E-state index in [0.29, 0.717) is 18.4 Å². The van der Waals surface area contributed by atoms with E-state index in [4.69, 9.17) is 9.47 Å². The molecule has 0 spiro atoms. The van der Waals surface area contributed by atoms with Crippen molar-refractivity contribution in [3.63, 3.8) is 0 Å². The third-order valence-corrected chi connectivity index (χ3v) is 5.71. The van der Waals surface area contributed by atoms with Crippen LogP contribution in [0.3, 0.4) is 0 Å². The van der Waals surface area contributed by atoms with Gasteiger partial charge in [0.2, 0.25) is 5.91 Å². The van der Waals surface area contributed by atoms with Crippen LogP contribution in [0.2, 0.25) is 0 Å². The molecule has 1 atom stereocenters. The second-order valence-electron chi connectivity index (χ2n) is 6.80. The van der Waals surface area contributed by atoms with Gasteiger partial charge in [-0.25, -0.2) is 0 Å². The van der Waals surface area contributed by atoms with Crippen LogP contribution in [0, 0.1) is 0 Å². The van der Waals surface area contributed by atoms with Crippen molar-refractivity contribution >= 4 is 17.7 Å². The second-order valence-corrected chi connectivity index (χ2v) is 7.78. The Labute approximate surface area is 162 Å². The van der Waals surface area contributed by atoms with E-state index in [9.17, 15) is 4.79 Å². The Bertz CT molecular complexity index is 582. The van der Waals surface area contributed by atoms with Gasteiger partial charge in [-0.05, 0) is 50.3 Å². The Morgan fingerprint density at radius 1 is 1.31 bits per heavy atom. The molecule has 1 heterocycles. The minimum atomic E-state index is 0.303. The van der Waals surface area contributed by atoms with Crippen LogP contribution >= 0.6 is 11.8 Å². The van der Waals surface area contributed by atoms with Crippen molar-refractivity contribution in [1.29, 1.82) is 0 Å². The zero-order valence-corrected chi connectivity index (χ0v) is 17.3. The maximum absolute atomic E-state index is 12.3. The smallest absolute Gasteiger partial charge is 0.223 e. The molecule has 0 aliphatic carbocycles. The van der Waals surface area contributed by atoms with E-state index in [0.717, 1.165) is 56.1 Å². The van der Waals surface area contributed by atoms with E-state index in [1.165, 1.54) is 5.56 Å². The molecule has 0 saturated carbocycles. The van der Waals surface area contributed by atoms with Gasteiger partial charge in [0.15, 0.2) is 11.5 Å². The summed E-state index contributed by atoms with van der Waals surface area (Å²) < 4.78 is 10.7. The molecular weight excluding hydrogens is 348 g/mol. The van der Waals surface area contributed by atoms with Gasteiger partial charge >= 0.3 is 0 Å². The number of carbonyl (C=O) groups is 1. The third-order valence-electron chi connectivity index (χ3n) is 5.09. The van der Waals surface area contributed by atoms with E-state index in [1.807, 2.05) is 18.4 Å². The zero-order chi connectivity index (χ0) is 18.9. The van der Waals surface area contributed by atoms with E-state index in [1.54, 1.807) is 26.0 Å². The van der Waals surface area contributed by atoms with E-state index < -0.39 is 0 Å². The first-order valence-electron chi connectivity index (χ1n) is 9.27. The lowest BCUT2D eigenvalue weighted by molar-refractivity contribution is -0.132. The molecule has 5 nitrogen and oxygen atoms in total. The fourth-order valence-electron chi connectivity index (χ4n) is 3.41. The van der Waals surface area contributed by atoms with Crippen molar-refractivity contribution in [2.24, 2.45) is 0 Å². The summed E-state index contributed by atoms with van der Waals surface area (Å²) in [6.45, 7) is 2.73. The lowest BCUT2D eigenvalue weighted by atomic mass is 10.0. The number of hydrogen-bond donors (Lipinski definition) is 0. The van der Waals surface area contributed by atoms with Crippen LogP contribution in [0.15, 0.2) is 18.2 Å². The number of carbonyl (C=O) groups excluding carboxylic acids is 1. The number of hydrogen-bond acceptors (Lipinski definition) is 5. The molecule has 2 rings (SSSR count). The van der Waals surface area contributed by atoms with Crippen LogP contribution in [0.4, 0.5) is 0 Å². The van der Waals surface area contributed by atoms with Gasteiger partial charge in [0.1, 0.15) is 0 Å². The molecule has 0 aromatic heterocycles. The summed E-state index contributed by atoms with van der Waals surface area (Å²) in [4.78, 5) is 16.8. The second kappa shape index (κ2) is 10.7. The zero-order valence-electron chi connectivity index (χ0n) is 16.5.